The maximum absolute atomic E-state index is 12.4. The van der Waals surface area contributed by atoms with Gasteiger partial charge in [-0.25, -0.2) is 0 Å². The lowest BCUT2D eigenvalue weighted by Crippen LogP contribution is -2.27. The molecule has 1 heterocycles. The zero-order valence-electron chi connectivity index (χ0n) is 11.0. The number of hydrogen-bond acceptors (Lipinski definition) is 4. The van der Waals surface area contributed by atoms with Crippen LogP contribution in [0, 0.1) is 5.92 Å². The molecular formula is C12H24FNO3. The second-order valence-corrected chi connectivity index (χ2v) is 5.19. The molecule has 5 heteroatoms. The quantitative estimate of drug-likeness (QED) is 0.613. The van der Waals surface area contributed by atoms with Crippen LogP contribution in [0.4, 0.5) is 4.48 Å². The summed E-state index contributed by atoms with van der Waals surface area (Å²) in [6, 6.07) is 0. The highest BCUT2D eigenvalue weighted by molar-refractivity contribution is 5.37. The van der Waals surface area contributed by atoms with Crippen molar-refractivity contribution in [3.05, 3.63) is 0 Å². The van der Waals surface area contributed by atoms with Crippen LogP contribution in [0.5, 0.6) is 0 Å². The summed E-state index contributed by atoms with van der Waals surface area (Å²) >= 11 is 0. The van der Waals surface area contributed by atoms with E-state index in [2.05, 4.69) is 4.74 Å². The van der Waals surface area contributed by atoms with E-state index >= 15 is 0 Å². The number of piperidine rings is 1. The van der Waals surface area contributed by atoms with E-state index in [1.807, 2.05) is 20.8 Å². The fourth-order valence-corrected chi connectivity index (χ4v) is 1.52. The molecule has 1 N–H and O–H groups in total. The van der Waals surface area contributed by atoms with Crippen molar-refractivity contribution in [1.29, 1.82) is 0 Å². The minimum Gasteiger partial charge on any atom is -0.462 e. The van der Waals surface area contributed by atoms with Gasteiger partial charge in [-0.1, -0.05) is 0 Å². The second-order valence-electron chi connectivity index (χ2n) is 5.19. The number of carbonyl (C=O) groups is 1. The van der Waals surface area contributed by atoms with Crippen LogP contribution in [0.25, 0.3) is 0 Å². The molecular weight excluding hydrogens is 225 g/mol. The van der Waals surface area contributed by atoms with Crippen molar-refractivity contribution in [3.8, 4) is 0 Å². The molecule has 102 valence electrons. The summed E-state index contributed by atoms with van der Waals surface area (Å²) in [6.45, 7) is 7.26. The van der Waals surface area contributed by atoms with Crippen LogP contribution in [-0.4, -0.2) is 42.0 Å². The molecule has 1 saturated heterocycles. The van der Waals surface area contributed by atoms with E-state index in [-0.39, 0.29) is 12.2 Å². The van der Waals surface area contributed by atoms with Gasteiger partial charge >= 0.3 is 0 Å². The Kier molecular flexibility index (Phi) is 8.08. The molecule has 1 rings (SSSR count). The molecule has 1 aliphatic heterocycles. The summed E-state index contributed by atoms with van der Waals surface area (Å²) < 4.78 is 16.9. The van der Waals surface area contributed by atoms with Crippen LogP contribution in [-0.2, 0) is 9.53 Å². The number of rotatable bonds is 3. The number of hydrogen-bond donors (Lipinski definition) is 1. The van der Waals surface area contributed by atoms with Crippen molar-refractivity contribution in [1.82, 2.24) is 5.12 Å². The lowest BCUT2D eigenvalue weighted by Gasteiger charge is -2.24. The van der Waals surface area contributed by atoms with Gasteiger partial charge in [-0.05, 0) is 46.0 Å². The number of aliphatic hydroxyl groups excluding tert-OH is 1. The summed E-state index contributed by atoms with van der Waals surface area (Å²) in [5, 5.41) is 9.43. The smallest absolute Gasteiger partial charge is 0.293 e. The molecule has 0 unspecified atom stereocenters. The first-order valence-electron chi connectivity index (χ1n) is 6.02. The van der Waals surface area contributed by atoms with Gasteiger partial charge in [0.25, 0.3) is 6.47 Å². The molecule has 4 nitrogen and oxygen atoms in total. The van der Waals surface area contributed by atoms with Gasteiger partial charge in [-0.2, -0.15) is 0 Å². The SMILES string of the molecule is CC(C)(C)OC=O.OCCC1CCN(F)CC1. The van der Waals surface area contributed by atoms with E-state index in [4.69, 9.17) is 5.11 Å². The number of carbonyl (C=O) groups excluding carboxylic acids is 1. The lowest BCUT2D eigenvalue weighted by atomic mass is 9.95. The molecule has 1 fully saturated rings. The Morgan fingerprint density at radius 1 is 1.41 bits per heavy atom. The van der Waals surface area contributed by atoms with Gasteiger partial charge in [0.1, 0.15) is 5.60 Å². The van der Waals surface area contributed by atoms with E-state index in [1.165, 1.54) is 0 Å². The molecule has 0 atom stereocenters. The maximum atomic E-state index is 12.4. The zero-order chi connectivity index (χ0) is 13.3. The Hall–Kier alpha value is -0.680. The zero-order valence-corrected chi connectivity index (χ0v) is 11.0. The van der Waals surface area contributed by atoms with Crippen LogP contribution in [0.1, 0.15) is 40.0 Å². The van der Waals surface area contributed by atoms with Gasteiger partial charge in [0.2, 0.25) is 0 Å². The van der Waals surface area contributed by atoms with Crippen LogP contribution in [0.2, 0.25) is 0 Å². The third-order valence-electron chi connectivity index (χ3n) is 2.50. The van der Waals surface area contributed by atoms with Crippen molar-refractivity contribution >= 4 is 6.47 Å². The number of aliphatic hydroxyl groups is 1. The summed E-state index contributed by atoms with van der Waals surface area (Å²) in [6.07, 6.45) is 2.64. The summed E-state index contributed by atoms with van der Waals surface area (Å²) in [5.41, 5.74) is -0.318. The fourth-order valence-electron chi connectivity index (χ4n) is 1.52. The summed E-state index contributed by atoms with van der Waals surface area (Å²) in [4.78, 5) is 9.60. The minimum absolute atomic E-state index is 0.247. The Morgan fingerprint density at radius 2 is 1.94 bits per heavy atom. The molecule has 0 aromatic carbocycles. The molecule has 0 bridgehead atoms. The van der Waals surface area contributed by atoms with Gasteiger partial charge in [-0.3, -0.25) is 4.79 Å². The average Bonchev–Trinajstić information content (AvgIpc) is 2.21. The molecule has 0 amide bonds. The molecule has 0 aromatic heterocycles. The molecule has 0 aromatic rings. The van der Waals surface area contributed by atoms with Crippen molar-refractivity contribution in [3.63, 3.8) is 0 Å². The van der Waals surface area contributed by atoms with Crippen LogP contribution in [0.3, 0.4) is 0 Å². The third-order valence-corrected chi connectivity index (χ3v) is 2.50. The standard InChI is InChI=1S/C7H14FNO.C5H10O2/c8-9-4-1-7(2-5-9)3-6-10;1-5(2,3)7-4-6/h7,10H,1-6H2;4H,1-3H3. The highest BCUT2D eigenvalue weighted by atomic mass is 19.2. The third kappa shape index (κ3) is 10.2. The van der Waals surface area contributed by atoms with Gasteiger partial charge < -0.3 is 9.84 Å². The Labute approximate surface area is 103 Å². The molecule has 17 heavy (non-hydrogen) atoms. The molecule has 0 saturated carbocycles. The van der Waals surface area contributed by atoms with Crippen molar-refractivity contribution in [2.75, 3.05) is 19.7 Å². The largest absolute Gasteiger partial charge is 0.462 e. The van der Waals surface area contributed by atoms with Gasteiger partial charge in [0, 0.05) is 19.7 Å². The first-order chi connectivity index (χ1) is 7.89. The minimum atomic E-state index is -0.318. The second kappa shape index (κ2) is 8.42. The highest BCUT2D eigenvalue weighted by Crippen LogP contribution is 2.19. The van der Waals surface area contributed by atoms with E-state index in [1.54, 1.807) is 0 Å². The monoisotopic (exact) mass is 249 g/mol. The van der Waals surface area contributed by atoms with Crippen molar-refractivity contribution in [2.45, 2.75) is 45.6 Å². The van der Waals surface area contributed by atoms with E-state index in [0.29, 0.717) is 25.5 Å². The van der Waals surface area contributed by atoms with E-state index < -0.39 is 0 Å². The van der Waals surface area contributed by atoms with Crippen LogP contribution >= 0.6 is 0 Å². The lowest BCUT2D eigenvalue weighted by molar-refractivity contribution is -0.138. The summed E-state index contributed by atoms with van der Waals surface area (Å²) in [5.74, 6) is 0.553. The van der Waals surface area contributed by atoms with Crippen LogP contribution < -0.4 is 0 Å². The number of ether oxygens (including phenoxy) is 1. The van der Waals surface area contributed by atoms with Crippen molar-refractivity contribution < 1.29 is 19.1 Å². The van der Waals surface area contributed by atoms with E-state index in [9.17, 15) is 9.28 Å². The van der Waals surface area contributed by atoms with E-state index in [0.717, 1.165) is 24.4 Å². The molecule has 1 aliphatic rings. The number of nitrogens with zero attached hydrogens (tertiary/aromatic N) is 1. The average molecular weight is 249 g/mol. The molecule has 0 radical (unpaired) electrons. The Balaban J connectivity index is 0.000000325. The predicted octanol–water partition coefficient (Wildman–Crippen LogP) is 1.92. The van der Waals surface area contributed by atoms with Gasteiger partial charge in [-0.15, -0.1) is 9.60 Å². The molecule has 0 aliphatic carbocycles. The van der Waals surface area contributed by atoms with Crippen LogP contribution in [0.15, 0.2) is 0 Å². The topological polar surface area (TPSA) is 49.8 Å². The normalized spacial score (nSPS) is 18.2. The first-order valence-corrected chi connectivity index (χ1v) is 6.02. The first kappa shape index (κ1) is 16.3. The van der Waals surface area contributed by atoms with Gasteiger partial charge in [0.05, 0.1) is 0 Å². The molecule has 0 spiro atoms. The van der Waals surface area contributed by atoms with Gasteiger partial charge in [0.15, 0.2) is 0 Å². The highest BCUT2D eigenvalue weighted by Gasteiger charge is 2.17. The number of halogens is 1. The summed E-state index contributed by atoms with van der Waals surface area (Å²) in [7, 11) is 0. The fraction of sp³-hybridized carbons (Fsp3) is 0.917. The maximum Gasteiger partial charge on any atom is 0.293 e. The van der Waals surface area contributed by atoms with Crippen molar-refractivity contribution in [2.24, 2.45) is 5.92 Å². The predicted molar refractivity (Wildman–Crippen MR) is 64.0 cm³/mol. The Bertz CT molecular complexity index is 198. The Morgan fingerprint density at radius 3 is 2.24 bits per heavy atom.